The van der Waals surface area contributed by atoms with Crippen molar-refractivity contribution >= 4 is 22.6 Å². The van der Waals surface area contributed by atoms with Gasteiger partial charge in [0.15, 0.2) is 11.5 Å². The van der Waals surface area contributed by atoms with Gasteiger partial charge in [-0.3, -0.25) is 9.59 Å². The van der Waals surface area contributed by atoms with Crippen molar-refractivity contribution in [3.05, 3.63) is 77.2 Å². The molecule has 0 unspecified atom stereocenters. The lowest BCUT2D eigenvalue weighted by molar-refractivity contribution is -0.129. The number of hydrogen-bond donors (Lipinski definition) is 3. The Kier molecular flexibility index (Phi) is 4.39. The molecule has 0 bridgehead atoms. The summed E-state index contributed by atoms with van der Waals surface area (Å²) in [6.07, 6.45) is 2.49. The lowest BCUT2D eigenvalue weighted by atomic mass is 9.96. The number of aromatic amines is 1. The molecule has 4 rings (SSSR count). The van der Waals surface area contributed by atoms with Gasteiger partial charge in [-0.15, -0.1) is 0 Å². The number of ketones is 1. The van der Waals surface area contributed by atoms with Crippen LogP contribution in [-0.2, 0) is 16.0 Å². The van der Waals surface area contributed by atoms with E-state index in [0.717, 1.165) is 16.5 Å². The molecule has 2 heterocycles. The Balaban J connectivity index is 1.67. The van der Waals surface area contributed by atoms with Gasteiger partial charge in [0.05, 0.1) is 11.6 Å². The van der Waals surface area contributed by atoms with Gasteiger partial charge in [-0.25, -0.2) is 0 Å². The minimum Gasteiger partial charge on any atom is -0.508 e. The zero-order chi connectivity index (χ0) is 19.8. The van der Waals surface area contributed by atoms with E-state index in [2.05, 4.69) is 4.98 Å². The van der Waals surface area contributed by atoms with Gasteiger partial charge in [0.25, 0.3) is 5.91 Å². The molecule has 0 aliphatic carbocycles. The van der Waals surface area contributed by atoms with Crippen LogP contribution in [0.1, 0.15) is 24.1 Å². The second kappa shape index (κ2) is 6.88. The molecule has 0 spiro atoms. The third kappa shape index (κ3) is 2.93. The molecule has 1 aliphatic rings. The summed E-state index contributed by atoms with van der Waals surface area (Å²) in [5.41, 5.74) is 2.84. The Labute approximate surface area is 161 Å². The maximum atomic E-state index is 12.7. The van der Waals surface area contributed by atoms with Crippen molar-refractivity contribution in [1.29, 1.82) is 0 Å². The lowest BCUT2D eigenvalue weighted by Gasteiger charge is -2.26. The average Bonchev–Trinajstić information content (AvgIpc) is 3.20. The van der Waals surface area contributed by atoms with Crippen LogP contribution >= 0.6 is 0 Å². The van der Waals surface area contributed by atoms with Crippen molar-refractivity contribution in [2.45, 2.75) is 19.4 Å². The zero-order valence-electron chi connectivity index (χ0n) is 15.3. The van der Waals surface area contributed by atoms with Crippen molar-refractivity contribution < 1.29 is 19.8 Å². The molecule has 0 saturated carbocycles. The lowest BCUT2D eigenvalue weighted by Crippen LogP contribution is -2.32. The second-order valence-electron chi connectivity index (χ2n) is 6.92. The van der Waals surface area contributed by atoms with Gasteiger partial charge < -0.3 is 20.1 Å². The third-order valence-electron chi connectivity index (χ3n) is 5.19. The number of fused-ring (bicyclic) bond motifs is 1. The van der Waals surface area contributed by atoms with E-state index < -0.39 is 17.7 Å². The van der Waals surface area contributed by atoms with Gasteiger partial charge in [-0.05, 0) is 42.7 Å². The molecule has 1 atom stereocenters. The minimum absolute atomic E-state index is 0.0922. The first-order valence-electron chi connectivity index (χ1n) is 9.06. The molecule has 2 aromatic carbocycles. The van der Waals surface area contributed by atoms with E-state index in [1.807, 2.05) is 30.5 Å². The van der Waals surface area contributed by atoms with Crippen LogP contribution in [0.3, 0.4) is 0 Å². The highest BCUT2D eigenvalue weighted by Crippen LogP contribution is 2.38. The van der Waals surface area contributed by atoms with Crippen LogP contribution in [0.15, 0.2) is 66.1 Å². The normalized spacial score (nSPS) is 17.0. The van der Waals surface area contributed by atoms with Gasteiger partial charge >= 0.3 is 0 Å². The summed E-state index contributed by atoms with van der Waals surface area (Å²) >= 11 is 0. The molecular weight excluding hydrogens is 356 g/mol. The van der Waals surface area contributed by atoms with Crippen LogP contribution in [0.2, 0.25) is 0 Å². The van der Waals surface area contributed by atoms with E-state index in [9.17, 15) is 19.8 Å². The van der Waals surface area contributed by atoms with Gasteiger partial charge in [0, 0.05) is 23.6 Å². The third-order valence-corrected chi connectivity index (χ3v) is 5.19. The summed E-state index contributed by atoms with van der Waals surface area (Å²) in [4.78, 5) is 29.6. The number of aliphatic hydroxyl groups is 1. The highest BCUT2D eigenvalue weighted by molar-refractivity contribution is 6.08. The number of Topliss-reactive ketones (excluding diaryl/α,β-unsaturated/α-hetero) is 1. The van der Waals surface area contributed by atoms with Crippen molar-refractivity contribution in [2.75, 3.05) is 6.54 Å². The summed E-state index contributed by atoms with van der Waals surface area (Å²) in [5.74, 6) is -1.30. The topological polar surface area (TPSA) is 93.6 Å². The zero-order valence-corrected chi connectivity index (χ0v) is 15.3. The predicted octanol–water partition coefficient (Wildman–Crippen LogP) is 3.40. The number of aliphatic hydroxyl groups excluding tert-OH is 1. The fourth-order valence-corrected chi connectivity index (χ4v) is 3.83. The quantitative estimate of drug-likeness (QED) is 0.636. The Morgan fingerprint density at radius 3 is 2.54 bits per heavy atom. The molecule has 6 heteroatoms. The molecule has 0 fully saturated rings. The molecule has 28 heavy (non-hydrogen) atoms. The highest BCUT2D eigenvalue weighted by atomic mass is 16.3. The number of amides is 1. The van der Waals surface area contributed by atoms with Crippen molar-refractivity contribution in [3.8, 4) is 5.75 Å². The van der Waals surface area contributed by atoms with Gasteiger partial charge in [0.1, 0.15) is 5.75 Å². The van der Waals surface area contributed by atoms with Crippen molar-refractivity contribution in [2.24, 2.45) is 0 Å². The number of aromatic hydroxyl groups is 1. The Hall–Kier alpha value is -3.54. The first kappa shape index (κ1) is 17.9. The van der Waals surface area contributed by atoms with Crippen molar-refractivity contribution in [1.82, 2.24) is 9.88 Å². The Bertz CT molecular complexity index is 1100. The first-order valence-corrected chi connectivity index (χ1v) is 9.06. The number of benzene rings is 2. The molecule has 3 N–H and O–H groups in total. The molecule has 142 valence electrons. The van der Waals surface area contributed by atoms with E-state index in [-0.39, 0.29) is 17.1 Å². The first-order chi connectivity index (χ1) is 13.5. The average molecular weight is 376 g/mol. The number of hydrogen-bond acceptors (Lipinski definition) is 4. The minimum atomic E-state index is -0.671. The number of para-hydroxylation sites is 1. The fraction of sp³-hybridized carbons (Fsp3) is 0.182. The number of rotatable bonds is 5. The maximum Gasteiger partial charge on any atom is 0.290 e. The molecule has 3 aromatic rings. The monoisotopic (exact) mass is 376 g/mol. The van der Waals surface area contributed by atoms with E-state index in [1.54, 1.807) is 12.1 Å². The van der Waals surface area contributed by atoms with Crippen LogP contribution in [-0.4, -0.2) is 38.3 Å². The summed E-state index contributed by atoms with van der Waals surface area (Å²) in [7, 11) is 0. The smallest absolute Gasteiger partial charge is 0.290 e. The molecule has 1 amide bonds. The summed E-state index contributed by atoms with van der Waals surface area (Å²) < 4.78 is 0. The number of phenolic OH excluding ortho intramolecular Hbond substituents is 1. The van der Waals surface area contributed by atoms with Crippen LogP contribution in [0.4, 0.5) is 0 Å². The number of carbonyl (C=O) groups is 2. The number of H-pyrrole nitrogens is 1. The Morgan fingerprint density at radius 1 is 1.11 bits per heavy atom. The number of carbonyl (C=O) groups excluding carboxylic acids is 2. The summed E-state index contributed by atoms with van der Waals surface area (Å²) in [6.45, 7) is 1.68. The SMILES string of the molecule is CC(=O)C1=C(O)C(=O)N(CCc2c[nH]c3ccccc23)[C@H]1c1ccc(O)cc1. The molecule has 0 radical (unpaired) electrons. The van der Waals surface area contributed by atoms with Gasteiger partial charge in [0.2, 0.25) is 0 Å². The van der Waals surface area contributed by atoms with E-state index >= 15 is 0 Å². The molecule has 6 nitrogen and oxygen atoms in total. The van der Waals surface area contributed by atoms with Crippen molar-refractivity contribution in [3.63, 3.8) is 0 Å². The van der Waals surface area contributed by atoms with Gasteiger partial charge in [-0.2, -0.15) is 0 Å². The molecule has 0 saturated heterocycles. The molecule has 1 aromatic heterocycles. The maximum absolute atomic E-state index is 12.7. The summed E-state index contributed by atoms with van der Waals surface area (Å²) in [5, 5.41) is 21.0. The Morgan fingerprint density at radius 2 is 1.82 bits per heavy atom. The largest absolute Gasteiger partial charge is 0.508 e. The van der Waals surface area contributed by atoms with E-state index in [0.29, 0.717) is 18.5 Å². The second-order valence-corrected chi connectivity index (χ2v) is 6.92. The number of nitrogens with one attached hydrogen (secondary N) is 1. The van der Waals surface area contributed by atoms with Crippen LogP contribution < -0.4 is 0 Å². The molecule has 1 aliphatic heterocycles. The van der Waals surface area contributed by atoms with Crippen LogP contribution in [0.5, 0.6) is 5.75 Å². The number of aromatic nitrogens is 1. The highest BCUT2D eigenvalue weighted by Gasteiger charge is 2.42. The van der Waals surface area contributed by atoms with Crippen LogP contribution in [0.25, 0.3) is 10.9 Å². The standard InChI is InChI=1S/C22H20N2O4/c1-13(25)19-20(14-6-8-16(26)9-7-14)24(22(28)21(19)27)11-10-15-12-23-18-5-3-2-4-17(15)18/h2-9,12,20,23,26-27H,10-11H2,1H3/t20-/m0/s1. The number of phenols is 1. The van der Waals surface area contributed by atoms with Gasteiger partial charge in [-0.1, -0.05) is 30.3 Å². The molecular formula is C22H20N2O4. The van der Waals surface area contributed by atoms with Crippen LogP contribution in [0, 0.1) is 0 Å². The van der Waals surface area contributed by atoms with E-state index in [1.165, 1.54) is 24.0 Å². The predicted molar refractivity (Wildman–Crippen MR) is 105 cm³/mol. The fourth-order valence-electron chi connectivity index (χ4n) is 3.83. The van der Waals surface area contributed by atoms with E-state index in [4.69, 9.17) is 0 Å². The number of nitrogens with zero attached hydrogens (tertiary/aromatic N) is 1. The summed E-state index contributed by atoms with van der Waals surface area (Å²) in [6, 6.07) is 13.6.